The molecule has 21 heavy (non-hydrogen) atoms. The van der Waals surface area contributed by atoms with Gasteiger partial charge in [0.2, 0.25) is 0 Å². The minimum Gasteiger partial charge on any atom is -0.481 e. The molecule has 7 heteroatoms. The fourth-order valence-corrected chi connectivity index (χ4v) is 2.47. The van der Waals surface area contributed by atoms with Crippen molar-refractivity contribution in [2.75, 3.05) is 20.2 Å². The molecule has 1 rings (SSSR count). The number of carbonyl (C=O) groups is 3. The Hall–Kier alpha value is -1.79. The van der Waals surface area contributed by atoms with Crippen LogP contribution >= 0.6 is 0 Å². The molecule has 120 valence electrons. The quantitative estimate of drug-likeness (QED) is 0.689. The van der Waals surface area contributed by atoms with E-state index in [1.165, 1.54) is 12.0 Å². The Bertz CT molecular complexity index is 404. The number of nitrogens with one attached hydrogen (secondary N) is 1. The summed E-state index contributed by atoms with van der Waals surface area (Å²) < 4.78 is 4.57. The zero-order chi connectivity index (χ0) is 16.0. The van der Waals surface area contributed by atoms with E-state index in [2.05, 4.69) is 10.1 Å². The number of hydrogen-bond acceptors (Lipinski definition) is 4. The Kier molecular flexibility index (Phi) is 5.99. The molecular formula is C14H24N2O5. The van der Waals surface area contributed by atoms with E-state index < -0.39 is 11.9 Å². The van der Waals surface area contributed by atoms with E-state index in [0.717, 1.165) is 19.3 Å². The van der Waals surface area contributed by atoms with Gasteiger partial charge in [-0.05, 0) is 32.1 Å². The second-order valence-electron chi connectivity index (χ2n) is 5.88. The van der Waals surface area contributed by atoms with Crippen molar-refractivity contribution in [2.45, 2.75) is 45.6 Å². The lowest BCUT2D eigenvalue weighted by atomic mass is 9.66. The number of hydrogen-bond donors (Lipinski definition) is 2. The number of carboxylic acid groups (broad SMARTS) is 1. The molecule has 0 atom stereocenters. The molecule has 7 nitrogen and oxygen atoms in total. The van der Waals surface area contributed by atoms with Crippen LogP contribution < -0.4 is 5.32 Å². The van der Waals surface area contributed by atoms with Crippen molar-refractivity contribution in [3.8, 4) is 0 Å². The maximum Gasteiger partial charge on any atom is 0.325 e. The Morgan fingerprint density at radius 2 is 1.95 bits per heavy atom. The van der Waals surface area contributed by atoms with Gasteiger partial charge in [-0.1, -0.05) is 6.42 Å². The third-order valence-electron chi connectivity index (χ3n) is 3.97. The number of aliphatic carboxylic acids is 1. The number of rotatable bonds is 7. The van der Waals surface area contributed by atoms with Crippen LogP contribution in [0.1, 0.15) is 39.5 Å². The van der Waals surface area contributed by atoms with Crippen molar-refractivity contribution >= 4 is 18.0 Å². The average Bonchev–Trinajstić information content (AvgIpc) is 2.37. The Morgan fingerprint density at radius 3 is 2.33 bits per heavy atom. The smallest absolute Gasteiger partial charge is 0.325 e. The molecule has 1 aliphatic rings. The maximum atomic E-state index is 12.2. The highest BCUT2D eigenvalue weighted by molar-refractivity contribution is 5.81. The zero-order valence-electron chi connectivity index (χ0n) is 12.8. The first-order chi connectivity index (χ1) is 9.79. The van der Waals surface area contributed by atoms with Crippen LogP contribution in [0.2, 0.25) is 0 Å². The lowest BCUT2D eigenvalue weighted by Crippen LogP contribution is -2.51. The van der Waals surface area contributed by atoms with Gasteiger partial charge in [0.05, 0.1) is 13.5 Å². The van der Waals surface area contributed by atoms with Crippen LogP contribution in [0.3, 0.4) is 0 Å². The first kappa shape index (κ1) is 17.3. The number of ether oxygens (including phenoxy) is 1. The third kappa shape index (κ3) is 4.91. The summed E-state index contributed by atoms with van der Waals surface area (Å²) in [6.45, 7) is 3.81. The largest absolute Gasteiger partial charge is 0.481 e. The normalized spacial score (nSPS) is 16.0. The number of esters is 1. The van der Waals surface area contributed by atoms with Crippen LogP contribution in [0.25, 0.3) is 0 Å². The van der Waals surface area contributed by atoms with Crippen LogP contribution in [0, 0.1) is 5.41 Å². The summed E-state index contributed by atoms with van der Waals surface area (Å²) in [4.78, 5) is 35.8. The molecule has 1 aliphatic carbocycles. The van der Waals surface area contributed by atoms with Crippen LogP contribution in [-0.4, -0.2) is 54.2 Å². The van der Waals surface area contributed by atoms with Gasteiger partial charge in [-0.2, -0.15) is 0 Å². The van der Waals surface area contributed by atoms with Gasteiger partial charge in [0.25, 0.3) is 0 Å². The lowest BCUT2D eigenvalue weighted by molar-refractivity contribution is -0.142. The first-order valence-electron chi connectivity index (χ1n) is 7.13. The van der Waals surface area contributed by atoms with Crippen LogP contribution in [0.5, 0.6) is 0 Å². The monoisotopic (exact) mass is 300 g/mol. The highest BCUT2D eigenvalue weighted by atomic mass is 16.5. The summed E-state index contributed by atoms with van der Waals surface area (Å²) in [5.41, 5.74) is -0.338. The summed E-state index contributed by atoms with van der Waals surface area (Å²) in [6, 6.07) is -0.520. The van der Waals surface area contributed by atoms with Crippen LogP contribution in [0.15, 0.2) is 0 Å². The van der Waals surface area contributed by atoms with Crippen molar-refractivity contribution in [3.63, 3.8) is 0 Å². The van der Waals surface area contributed by atoms with Crippen molar-refractivity contribution in [1.29, 1.82) is 0 Å². The number of carboxylic acids is 1. The molecule has 0 spiro atoms. The predicted octanol–water partition coefficient (Wildman–Crippen LogP) is 1.22. The van der Waals surface area contributed by atoms with Gasteiger partial charge in [-0.15, -0.1) is 0 Å². The number of carbonyl (C=O) groups excluding carboxylic acids is 2. The fourth-order valence-electron chi connectivity index (χ4n) is 2.47. The first-order valence-corrected chi connectivity index (χ1v) is 7.13. The van der Waals surface area contributed by atoms with E-state index in [4.69, 9.17) is 5.11 Å². The SMILES string of the molecule is COC(=O)CN(C(=O)NCC1(CC(=O)O)CCC1)C(C)C. The molecule has 1 saturated carbocycles. The van der Waals surface area contributed by atoms with E-state index in [1.807, 2.05) is 0 Å². The van der Waals surface area contributed by atoms with Crippen molar-refractivity contribution in [1.82, 2.24) is 10.2 Å². The Morgan fingerprint density at radius 1 is 1.33 bits per heavy atom. The predicted molar refractivity (Wildman–Crippen MR) is 75.8 cm³/mol. The van der Waals surface area contributed by atoms with Crippen molar-refractivity contribution in [2.24, 2.45) is 5.41 Å². The summed E-state index contributed by atoms with van der Waals surface area (Å²) in [6.07, 6.45) is 2.65. The van der Waals surface area contributed by atoms with E-state index in [1.54, 1.807) is 13.8 Å². The highest BCUT2D eigenvalue weighted by Gasteiger charge is 2.39. The van der Waals surface area contributed by atoms with Gasteiger partial charge in [0.1, 0.15) is 6.54 Å². The fraction of sp³-hybridized carbons (Fsp3) is 0.786. The minimum absolute atomic E-state index is 0.0615. The van der Waals surface area contributed by atoms with Crippen LogP contribution in [0.4, 0.5) is 4.79 Å². The highest BCUT2D eigenvalue weighted by Crippen LogP contribution is 2.43. The summed E-state index contributed by atoms with van der Waals surface area (Å²) in [5.74, 6) is -1.33. The van der Waals surface area contributed by atoms with Crippen molar-refractivity contribution < 1.29 is 24.2 Å². The van der Waals surface area contributed by atoms with Crippen LogP contribution in [-0.2, 0) is 14.3 Å². The van der Waals surface area contributed by atoms with Crippen molar-refractivity contribution in [3.05, 3.63) is 0 Å². The molecule has 0 bridgehead atoms. The number of nitrogens with zero attached hydrogens (tertiary/aromatic N) is 1. The Balaban J connectivity index is 2.56. The Labute approximate surface area is 124 Å². The third-order valence-corrected chi connectivity index (χ3v) is 3.97. The van der Waals surface area contributed by atoms with Gasteiger partial charge in [0, 0.05) is 12.6 Å². The number of amides is 2. The van der Waals surface area contributed by atoms with E-state index in [9.17, 15) is 14.4 Å². The lowest BCUT2D eigenvalue weighted by Gasteiger charge is -2.41. The van der Waals surface area contributed by atoms with Gasteiger partial charge >= 0.3 is 18.0 Å². The van der Waals surface area contributed by atoms with Gasteiger partial charge in [0.15, 0.2) is 0 Å². The molecule has 0 aliphatic heterocycles. The summed E-state index contributed by atoms with van der Waals surface area (Å²) in [5, 5.41) is 11.7. The molecule has 0 unspecified atom stereocenters. The summed E-state index contributed by atoms with van der Waals surface area (Å²) in [7, 11) is 1.27. The molecule has 1 fully saturated rings. The summed E-state index contributed by atoms with van der Waals surface area (Å²) >= 11 is 0. The molecule has 0 radical (unpaired) electrons. The van der Waals surface area contributed by atoms with E-state index in [-0.39, 0.29) is 30.5 Å². The second kappa shape index (κ2) is 7.28. The molecule has 0 aromatic carbocycles. The van der Waals surface area contributed by atoms with Gasteiger partial charge in [-0.3, -0.25) is 9.59 Å². The number of urea groups is 1. The topological polar surface area (TPSA) is 95.9 Å². The molecular weight excluding hydrogens is 276 g/mol. The molecule has 0 saturated heterocycles. The molecule has 0 aromatic rings. The van der Waals surface area contributed by atoms with E-state index in [0.29, 0.717) is 6.54 Å². The zero-order valence-corrected chi connectivity index (χ0v) is 12.8. The maximum absolute atomic E-state index is 12.2. The molecule has 0 heterocycles. The molecule has 2 N–H and O–H groups in total. The molecule has 0 aromatic heterocycles. The standard InChI is InChI=1S/C14H24N2O5/c1-10(2)16(8-12(19)21-3)13(20)15-9-14(5-4-6-14)7-11(17)18/h10H,4-9H2,1-3H3,(H,15,20)(H,17,18). The minimum atomic E-state index is -0.848. The van der Waals surface area contributed by atoms with Gasteiger partial charge in [-0.25, -0.2) is 4.79 Å². The van der Waals surface area contributed by atoms with E-state index >= 15 is 0 Å². The molecule has 2 amide bonds. The number of methoxy groups -OCH3 is 1. The van der Waals surface area contributed by atoms with Gasteiger partial charge < -0.3 is 20.1 Å². The second-order valence-corrected chi connectivity index (χ2v) is 5.88. The average molecular weight is 300 g/mol.